The number of aliphatic carboxylic acids is 1. The van der Waals surface area contributed by atoms with E-state index in [1.807, 2.05) is 16.7 Å². The highest BCUT2D eigenvalue weighted by Gasteiger charge is 2.35. The van der Waals surface area contributed by atoms with Crippen LogP contribution in [0.1, 0.15) is 26.2 Å². The largest absolute Gasteiger partial charge is 0.481 e. The molecule has 0 bridgehead atoms. The molecule has 2 atom stereocenters. The van der Waals surface area contributed by atoms with E-state index < -0.39 is 5.97 Å². The van der Waals surface area contributed by atoms with Crippen LogP contribution in [-0.2, 0) is 14.3 Å². The number of carboxylic acids is 1. The van der Waals surface area contributed by atoms with Gasteiger partial charge in [0.15, 0.2) is 0 Å². The van der Waals surface area contributed by atoms with Crippen LogP contribution < -0.4 is 0 Å². The number of morpholine rings is 1. The highest BCUT2D eigenvalue weighted by atomic mass is 16.5. The topological polar surface area (TPSA) is 70.1 Å². The standard InChI is InChI=1S/C13H22N2O4/c1-10(13(18)14-5-7-19-8-6-14)15-4-2-3-11(15)9-12(16)17/h10-11H,2-9H2,1H3,(H,16,17). The molecule has 2 heterocycles. The van der Waals surface area contributed by atoms with Crippen LogP contribution in [-0.4, -0.2) is 71.7 Å². The molecule has 0 saturated carbocycles. The normalized spacial score (nSPS) is 26.4. The van der Waals surface area contributed by atoms with Crippen molar-refractivity contribution in [1.29, 1.82) is 0 Å². The van der Waals surface area contributed by atoms with Crippen molar-refractivity contribution in [3.8, 4) is 0 Å². The first-order chi connectivity index (χ1) is 9.09. The number of hydrogen-bond acceptors (Lipinski definition) is 4. The number of carbonyl (C=O) groups is 2. The van der Waals surface area contributed by atoms with Crippen LogP contribution in [0.4, 0.5) is 0 Å². The minimum absolute atomic E-state index is 0.00232. The molecular formula is C13H22N2O4. The Morgan fingerprint density at radius 3 is 2.63 bits per heavy atom. The lowest BCUT2D eigenvalue weighted by Gasteiger charge is -2.34. The first-order valence-electron chi connectivity index (χ1n) is 6.93. The summed E-state index contributed by atoms with van der Waals surface area (Å²) >= 11 is 0. The minimum Gasteiger partial charge on any atom is -0.481 e. The monoisotopic (exact) mass is 270 g/mol. The molecule has 0 spiro atoms. The third kappa shape index (κ3) is 3.45. The molecule has 19 heavy (non-hydrogen) atoms. The van der Waals surface area contributed by atoms with Crippen molar-refractivity contribution >= 4 is 11.9 Å². The van der Waals surface area contributed by atoms with Gasteiger partial charge < -0.3 is 14.7 Å². The Morgan fingerprint density at radius 2 is 2.00 bits per heavy atom. The quantitative estimate of drug-likeness (QED) is 0.788. The molecule has 1 amide bonds. The molecular weight excluding hydrogens is 248 g/mol. The van der Waals surface area contributed by atoms with Gasteiger partial charge in [-0.05, 0) is 26.3 Å². The van der Waals surface area contributed by atoms with Gasteiger partial charge in [0.1, 0.15) is 0 Å². The Kier molecular flexibility index (Phi) is 4.76. The lowest BCUT2D eigenvalue weighted by atomic mass is 10.1. The van der Waals surface area contributed by atoms with E-state index in [1.165, 1.54) is 0 Å². The molecule has 2 aliphatic rings. The van der Waals surface area contributed by atoms with Crippen LogP contribution >= 0.6 is 0 Å². The van der Waals surface area contributed by atoms with Gasteiger partial charge in [-0.1, -0.05) is 0 Å². The Morgan fingerprint density at radius 1 is 1.32 bits per heavy atom. The van der Waals surface area contributed by atoms with Gasteiger partial charge in [0.05, 0.1) is 25.7 Å². The van der Waals surface area contributed by atoms with Crippen molar-refractivity contribution in [2.75, 3.05) is 32.8 Å². The number of hydrogen-bond donors (Lipinski definition) is 1. The van der Waals surface area contributed by atoms with E-state index in [0.29, 0.717) is 26.3 Å². The summed E-state index contributed by atoms with van der Waals surface area (Å²) in [7, 11) is 0. The SMILES string of the molecule is CC(C(=O)N1CCOCC1)N1CCCC1CC(=O)O. The number of nitrogens with zero attached hydrogens (tertiary/aromatic N) is 2. The molecule has 0 aromatic rings. The Hall–Kier alpha value is -1.14. The first kappa shape index (κ1) is 14.3. The van der Waals surface area contributed by atoms with Gasteiger partial charge in [-0.2, -0.15) is 0 Å². The summed E-state index contributed by atoms with van der Waals surface area (Å²) in [4.78, 5) is 27.1. The molecule has 2 aliphatic heterocycles. The van der Waals surface area contributed by atoms with Gasteiger partial charge in [-0.3, -0.25) is 14.5 Å². The molecule has 0 radical (unpaired) electrons. The second kappa shape index (κ2) is 6.34. The average molecular weight is 270 g/mol. The van der Waals surface area contributed by atoms with Crippen molar-refractivity contribution in [1.82, 2.24) is 9.80 Å². The van der Waals surface area contributed by atoms with Crippen LogP contribution in [0.5, 0.6) is 0 Å². The Bertz CT molecular complexity index is 342. The molecule has 108 valence electrons. The van der Waals surface area contributed by atoms with Gasteiger partial charge >= 0.3 is 5.97 Å². The molecule has 0 aromatic carbocycles. The first-order valence-corrected chi connectivity index (χ1v) is 6.93. The second-order valence-corrected chi connectivity index (χ2v) is 5.25. The zero-order valence-electron chi connectivity index (χ0n) is 11.4. The van der Waals surface area contributed by atoms with Crippen molar-refractivity contribution in [3.63, 3.8) is 0 Å². The number of rotatable bonds is 4. The van der Waals surface area contributed by atoms with Gasteiger partial charge in [0.2, 0.25) is 5.91 Å². The maximum absolute atomic E-state index is 12.4. The van der Waals surface area contributed by atoms with Gasteiger partial charge in [0, 0.05) is 19.1 Å². The number of carbonyl (C=O) groups excluding carboxylic acids is 1. The zero-order chi connectivity index (χ0) is 13.8. The van der Waals surface area contributed by atoms with Crippen molar-refractivity contribution < 1.29 is 19.4 Å². The maximum Gasteiger partial charge on any atom is 0.304 e. The zero-order valence-corrected chi connectivity index (χ0v) is 11.4. The third-order valence-corrected chi connectivity index (χ3v) is 4.01. The van der Waals surface area contributed by atoms with E-state index in [-0.39, 0.29) is 24.4 Å². The summed E-state index contributed by atoms with van der Waals surface area (Å²) in [5.74, 6) is -0.691. The van der Waals surface area contributed by atoms with Crippen LogP contribution in [0.25, 0.3) is 0 Å². The molecule has 2 unspecified atom stereocenters. The minimum atomic E-state index is -0.789. The number of carboxylic acid groups (broad SMARTS) is 1. The summed E-state index contributed by atoms with van der Waals surface area (Å²) in [5, 5.41) is 8.92. The van der Waals surface area contributed by atoms with Crippen LogP contribution in [0.3, 0.4) is 0 Å². The fourth-order valence-corrected chi connectivity index (χ4v) is 2.98. The number of amides is 1. The van der Waals surface area contributed by atoms with E-state index in [0.717, 1.165) is 19.4 Å². The second-order valence-electron chi connectivity index (χ2n) is 5.25. The summed E-state index contributed by atoms with van der Waals surface area (Å²) in [5.41, 5.74) is 0. The van der Waals surface area contributed by atoms with Crippen LogP contribution in [0.2, 0.25) is 0 Å². The van der Waals surface area contributed by atoms with E-state index in [2.05, 4.69) is 0 Å². The predicted molar refractivity (Wildman–Crippen MR) is 68.8 cm³/mol. The lowest BCUT2D eigenvalue weighted by molar-refractivity contribution is -0.143. The molecule has 0 aromatic heterocycles. The molecule has 0 aliphatic carbocycles. The van der Waals surface area contributed by atoms with Crippen LogP contribution in [0.15, 0.2) is 0 Å². The fraction of sp³-hybridized carbons (Fsp3) is 0.846. The van der Waals surface area contributed by atoms with Gasteiger partial charge in [-0.15, -0.1) is 0 Å². The summed E-state index contributed by atoms with van der Waals surface area (Å²) < 4.78 is 5.24. The molecule has 1 N–H and O–H groups in total. The van der Waals surface area contributed by atoms with Gasteiger partial charge in [0.25, 0.3) is 0 Å². The highest BCUT2D eigenvalue weighted by molar-refractivity contribution is 5.81. The van der Waals surface area contributed by atoms with Crippen molar-refractivity contribution in [3.05, 3.63) is 0 Å². The van der Waals surface area contributed by atoms with E-state index in [4.69, 9.17) is 9.84 Å². The van der Waals surface area contributed by atoms with E-state index in [9.17, 15) is 9.59 Å². The fourth-order valence-electron chi connectivity index (χ4n) is 2.98. The summed E-state index contributed by atoms with van der Waals surface area (Å²) in [6, 6.07) is -0.234. The predicted octanol–water partition coefficient (Wildman–Crippen LogP) is 0.173. The molecule has 2 rings (SSSR count). The van der Waals surface area contributed by atoms with E-state index in [1.54, 1.807) is 0 Å². The maximum atomic E-state index is 12.4. The number of ether oxygens (including phenoxy) is 1. The summed E-state index contributed by atoms with van der Waals surface area (Å²) in [6.45, 7) is 5.17. The number of likely N-dealkylation sites (tertiary alicyclic amines) is 1. The molecule has 2 saturated heterocycles. The van der Waals surface area contributed by atoms with Crippen molar-refractivity contribution in [2.45, 2.75) is 38.3 Å². The summed E-state index contributed by atoms with van der Waals surface area (Å²) in [6.07, 6.45) is 1.96. The lowest BCUT2D eigenvalue weighted by Crippen LogP contribution is -2.52. The van der Waals surface area contributed by atoms with Crippen molar-refractivity contribution in [2.24, 2.45) is 0 Å². The smallest absolute Gasteiger partial charge is 0.304 e. The Balaban J connectivity index is 1.95. The Labute approximate surface area is 113 Å². The molecule has 6 nitrogen and oxygen atoms in total. The highest BCUT2D eigenvalue weighted by Crippen LogP contribution is 2.23. The average Bonchev–Trinajstić information content (AvgIpc) is 2.85. The van der Waals surface area contributed by atoms with Gasteiger partial charge in [-0.25, -0.2) is 0 Å². The molecule has 2 fully saturated rings. The van der Waals surface area contributed by atoms with Crippen LogP contribution in [0, 0.1) is 0 Å². The third-order valence-electron chi connectivity index (χ3n) is 4.01. The van der Waals surface area contributed by atoms with E-state index >= 15 is 0 Å². The molecule has 6 heteroatoms.